The third kappa shape index (κ3) is 3.00. The highest BCUT2D eigenvalue weighted by Crippen LogP contribution is 2.71. The predicted molar refractivity (Wildman–Crippen MR) is 122 cm³/mol. The second-order valence-corrected chi connectivity index (χ2v) is 12.1. The van der Waals surface area contributed by atoms with Crippen LogP contribution in [-0.4, -0.2) is 47.6 Å². The number of allylic oxidation sites excluding steroid dienone is 1. The van der Waals surface area contributed by atoms with Crippen LogP contribution in [0.5, 0.6) is 0 Å². The molecule has 5 aliphatic rings. The summed E-state index contributed by atoms with van der Waals surface area (Å²) in [4.78, 5) is 25.9. The van der Waals surface area contributed by atoms with Crippen molar-refractivity contribution >= 4 is 11.6 Å². The van der Waals surface area contributed by atoms with Crippen LogP contribution >= 0.6 is 0 Å². The minimum absolute atomic E-state index is 0.00242. The molecule has 6 nitrogen and oxygen atoms in total. The quantitative estimate of drug-likeness (QED) is 0.670. The van der Waals surface area contributed by atoms with Crippen molar-refractivity contribution in [1.29, 1.82) is 0 Å². The fourth-order valence-electron chi connectivity index (χ4n) is 9.26. The number of carbonyl (C=O) groups excluding carboxylic acids is 2. The second-order valence-electron chi connectivity index (χ2n) is 12.1. The third-order valence-electron chi connectivity index (χ3n) is 10.4. The van der Waals surface area contributed by atoms with Crippen molar-refractivity contribution in [3.8, 4) is 0 Å². The molecule has 4 fully saturated rings. The van der Waals surface area contributed by atoms with Crippen molar-refractivity contribution in [1.82, 2.24) is 0 Å². The van der Waals surface area contributed by atoms with E-state index in [1.165, 1.54) is 5.57 Å². The molecular weight excluding hydrogens is 420 g/mol. The second kappa shape index (κ2) is 7.46. The van der Waals surface area contributed by atoms with Gasteiger partial charge in [0, 0.05) is 25.4 Å². The zero-order chi connectivity index (χ0) is 24.0. The molecule has 1 aliphatic heterocycles. The van der Waals surface area contributed by atoms with Crippen molar-refractivity contribution in [3.05, 3.63) is 11.6 Å². The molecule has 10 atom stereocenters. The molecule has 0 bridgehead atoms. The first kappa shape index (κ1) is 23.7. The SMILES string of the molecule is CCOC1(C)OCC(=O)[C@@]2(O1)[C@@H](C)C[C@H]1[C@@H]3C[C@H](C)C4=CC(=O)CC[C@]4(C)[C@H]3[C@@H](O)C[C@@]12C. The van der Waals surface area contributed by atoms with Crippen LogP contribution in [-0.2, 0) is 23.8 Å². The largest absolute Gasteiger partial charge is 0.393 e. The summed E-state index contributed by atoms with van der Waals surface area (Å²) in [7, 11) is 0. The average Bonchev–Trinajstić information content (AvgIpc) is 2.94. The van der Waals surface area contributed by atoms with Gasteiger partial charge in [-0.1, -0.05) is 33.3 Å². The fraction of sp³-hybridized carbons (Fsp3) is 0.852. The normalized spacial score (nSPS) is 54.0. The average molecular weight is 461 g/mol. The molecule has 1 spiro atoms. The maximum absolute atomic E-state index is 13.6. The first-order valence-corrected chi connectivity index (χ1v) is 12.9. The molecular formula is C27H40O6. The predicted octanol–water partition coefficient (Wildman–Crippen LogP) is 4.05. The van der Waals surface area contributed by atoms with Gasteiger partial charge >= 0.3 is 0 Å². The van der Waals surface area contributed by atoms with Crippen LogP contribution in [0.15, 0.2) is 11.6 Å². The minimum Gasteiger partial charge on any atom is -0.393 e. The lowest BCUT2D eigenvalue weighted by Gasteiger charge is -2.63. The van der Waals surface area contributed by atoms with E-state index in [0.29, 0.717) is 25.4 Å². The van der Waals surface area contributed by atoms with Crippen molar-refractivity contribution in [2.24, 2.45) is 40.4 Å². The number of ketones is 2. The molecule has 33 heavy (non-hydrogen) atoms. The van der Waals surface area contributed by atoms with Crippen LogP contribution in [0.1, 0.15) is 73.6 Å². The summed E-state index contributed by atoms with van der Waals surface area (Å²) in [6.45, 7) is 12.8. The zero-order valence-electron chi connectivity index (χ0n) is 21.0. The maximum Gasteiger partial charge on any atom is 0.281 e. The van der Waals surface area contributed by atoms with Gasteiger partial charge in [0.1, 0.15) is 12.2 Å². The number of hydrogen-bond donors (Lipinski definition) is 1. The van der Waals surface area contributed by atoms with Gasteiger partial charge in [-0.2, -0.15) is 0 Å². The van der Waals surface area contributed by atoms with Crippen molar-refractivity contribution in [3.63, 3.8) is 0 Å². The minimum atomic E-state index is -1.26. The Morgan fingerprint density at radius 1 is 1.18 bits per heavy atom. The standard InChI is InChI=1S/C27H40O6/c1-7-31-26(6)32-14-22(30)27(33-26)16(3)11-20-18-10-15(2)19-12-17(28)8-9-24(19,4)23(18)21(29)13-25(20,27)5/h12,15-16,18,20-21,23,29H,7-11,13-14H2,1-6H3/t15-,16-,18-,20-,21-,23+,24-,25-,26?,27-/m0/s1. The summed E-state index contributed by atoms with van der Waals surface area (Å²) in [5, 5.41) is 11.8. The molecule has 0 aromatic heterocycles. The van der Waals surface area contributed by atoms with Gasteiger partial charge in [0.25, 0.3) is 5.97 Å². The molecule has 0 aromatic carbocycles. The number of ether oxygens (including phenoxy) is 3. The molecule has 184 valence electrons. The molecule has 1 unspecified atom stereocenters. The Labute approximate surface area is 197 Å². The number of aliphatic hydroxyl groups is 1. The number of carbonyl (C=O) groups is 2. The summed E-state index contributed by atoms with van der Waals surface area (Å²) in [6.07, 6.45) is 5.02. The highest BCUT2D eigenvalue weighted by molar-refractivity contribution is 5.92. The Kier molecular flexibility index (Phi) is 5.35. The number of aliphatic hydroxyl groups excluding tert-OH is 1. The van der Waals surface area contributed by atoms with E-state index in [-0.39, 0.29) is 47.3 Å². The monoisotopic (exact) mass is 460 g/mol. The molecule has 3 saturated carbocycles. The van der Waals surface area contributed by atoms with Crippen LogP contribution in [0.2, 0.25) is 0 Å². The van der Waals surface area contributed by atoms with Crippen molar-refractivity contribution in [2.75, 3.05) is 13.2 Å². The number of fused-ring (bicyclic) bond motifs is 6. The van der Waals surface area contributed by atoms with E-state index in [1.54, 1.807) is 6.92 Å². The van der Waals surface area contributed by atoms with E-state index >= 15 is 0 Å². The van der Waals surface area contributed by atoms with Crippen LogP contribution in [0.4, 0.5) is 0 Å². The molecule has 1 N–H and O–H groups in total. The van der Waals surface area contributed by atoms with Crippen molar-refractivity contribution < 1.29 is 28.9 Å². The number of hydrogen-bond acceptors (Lipinski definition) is 6. The van der Waals surface area contributed by atoms with E-state index in [9.17, 15) is 14.7 Å². The smallest absolute Gasteiger partial charge is 0.281 e. The topological polar surface area (TPSA) is 82.1 Å². The van der Waals surface area contributed by atoms with Gasteiger partial charge in [-0.05, 0) is 73.7 Å². The molecule has 0 amide bonds. The lowest BCUT2D eigenvalue weighted by Crippen LogP contribution is -2.69. The molecule has 6 heteroatoms. The summed E-state index contributed by atoms with van der Waals surface area (Å²) in [6, 6.07) is 0. The number of rotatable bonds is 2. The summed E-state index contributed by atoms with van der Waals surface area (Å²) < 4.78 is 18.2. The van der Waals surface area contributed by atoms with Gasteiger partial charge < -0.3 is 19.3 Å². The molecule has 4 aliphatic carbocycles. The first-order chi connectivity index (χ1) is 15.4. The lowest BCUT2D eigenvalue weighted by molar-refractivity contribution is -0.425. The van der Waals surface area contributed by atoms with E-state index in [1.807, 2.05) is 13.0 Å². The molecule has 0 radical (unpaired) electrons. The Balaban J connectivity index is 1.58. The molecule has 1 heterocycles. The Bertz CT molecular complexity index is 897. The van der Waals surface area contributed by atoms with Gasteiger partial charge in [0.05, 0.1) is 6.10 Å². The molecule has 1 saturated heterocycles. The van der Waals surface area contributed by atoms with Gasteiger partial charge in [0.15, 0.2) is 11.6 Å². The maximum atomic E-state index is 13.6. The Morgan fingerprint density at radius 3 is 2.61 bits per heavy atom. The third-order valence-corrected chi connectivity index (χ3v) is 10.4. The van der Waals surface area contributed by atoms with Crippen LogP contribution in [0, 0.1) is 40.4 Å². The van der Waals surface area contributed by atoms with E-state index in [0.717, 1.165) is 19.3 Å². The van der Waals surface area contributed by atoms with Gasteiger partial charge in [-0.25, -0.2) is 0 Å². The van der Waals surface area contributed by atoms with Gasteiger partial charge in [0.2, 0.25) is 0 Å². The summed E-state index contributed by atoms with van der Waals surface area (Å²) >= 11 is 0. The highest BCUT2D eigenvalue weighted by atomic mass is 16.9. The Hall–Kier alpha value is -1.08. The van der Waals surface area contributed by atoms with Crippen LogP contribution in [0.3, 0.4) is 0 Å². The van der Waals surface area contributed by atoms with Crippen LogP contribution < -0.4 is 0 Å². The van der Waals surface area contributed by atoms with Gasteiger partial charge in [-0.15, -0.1) is 0 Å². The summed E-state index contributed by atoms with van der Waals surface area (Å²) in [5.74, 6) is -0.140. The zero-order valence-corrected chi connectivity index (χ0v) is 21.0. The summed E-state index contributed by atoms with van der Waals surface area (Å²) in [5.41, 5.74) is -0.482. The van der Waals surface area contributed by atoms with E-state index in [4.69, 9.17) is 14.2 Å². The van der Waals surface area contributed by atoms with E-state index < -0.39 is 23.1 Å². The number of Topliss-reactive ketones (excluding diaryl/α,β-unsaturated/α-hetero) is 1. The molecule has 0 aromatic rings. The highest BCUT2D eigenvalue weighted by Gasteiger charge is 2.74. The lowest BCUT2D eigenvalue weighted by atomic mass is 9.44. The first-order valence-electron chi connectivity index (χ1n) is 12.9. The van der Waals surface area contributed by atoms with E-state index in [2.05, 4.69) is 27.7 Å². The fourth-order valence-corrected chi connectivity index (χ4v) is 9.26. The molecule has 5 rings (SSSR count). The van der Waals surface area contributed by atoms with Crippen molar-refractivity contribution in [2.45, 2.75) is 91.3 Å². The Morgan fingerprint density at radius 2 is 1.91 bits per heavy atom. The van der Waals surface area contributed by atoms with Crippen LogP contribution in [0.25, 0.3) is 0 Å². The van der Waals surface area contributed by atoms with Gasteiger partial charge in [-0.3, -0.25) is 9.59 Å².